The number of fused-ring (bicyclic) bond motifs is 1. The van der Waals surface area contributed by atoms with Crippen LogP contribution >= 0.6 is 0 Å². The summed E-state index contributed by atoms with van der Waals surface area (Å²) in [6, 6.07) is 2.01. The molecule has 1 aromatic heterocycles. The fourth-order valence-electron chi connectivity index (χ4n) is 1.87. The highest BCUT2D eigenvalue weighted by Gasteiger charge is 2.26. The lowest BCUT2D eigenvalue weighted by Gasteiger charge is -2.16. The Hall–Kier alpha value is -1.25. The van der Waals surface area contributed by atoms with Crippen molar-refractivity contribution in [2.24, 2.45) is 5.92 Å². The Morgan fingerprint density at radius 3 is 3.15 bits per heavy atom. The molecule has 0 amide bonds. The van der Waals surface area contributed by atoms with Gasteiger partial charge in [-0.15, -0.1) is 0 Å². The first-order valence-electron chi connectivity index (χ1n) is 4.48. The Kier molecular flexibility index (Phi) is 1.87. The Morgan fingerprint density at radius 2 is 2.46 bits per heavy atom. The van der Waals surface area contributed by atoms with Crippen molar-refractivity contribution in [2.45, 2.75) is 26.2 Å². The van der Waals surface area contributed by atoms with Gasteiger partial charge in [0.15, 0.2) is 0 Å². The number of hydrogen-bond acceptors (Lipinski definition) is 2. The zero-order valence-electron chi connectivity index (χ0n) is 7.54. The molecule has 0 saturated heterocycles. The van der Waals surface area contributed by atoms with E-state index in [0.717, 1.165) is 24.4 Å². The zero-order valence-corrected chi connectivity index (χ0v) is 7.54. The molecule has 1 unspecified atom stereocenters. The summed E-state index contributed by atoms with van der Waals surface area (Å²) < 4.78 is 5.42. The van der Waals surface area contributed by atoms with Crippen molar-refractivity contribution in [3.05, 3.63) is 23.2 Å². The van der Waals surface area contributed by atoms with Crippen LogP contribution in [0.25, 0.3) is 0 Å². The number of aryl methyl sites for hydroxylation is 2. The largest absolute Gasteiger partial charge is 0.481 e. The normalized spacial score (nSPS) is 21.2. The molecule has 3 nitrogen and oxygen atoms in total. The van der Waals surface area contributed by atoms with Crippen molar-refractivity contribution < 1.29 is 14.3 Å². The number of rotatable bonds is 1. The molecule has 0 spiro atoms. The van der Waals surface area contributed by atoms with Gasteiger partial charge in [-0.25, -0.2) is 0 Å². The molecule has 0 bridgehead atoms. The second-order valence-electron chi connectivity index (χ2n) is 3.58. The molecule has 1 aromatic rings. The van der Waals surface area contributed by atoms with Crippen molar-refractivity contribution in [1.29, 1.82) is 0 Å². The number of carbonyl (C=O) groups is 1. The quantitative estimate of drug-likeness (QED) is 0.716. The van der Waals surface area contributed by atoms with E-state index >= 15 is 0 Å². The summed E-state index contributed by atoms with van der Waals surface area (Å²) in [4.78, 5) is 10.7. The first-order valence-corrected chi connectivity index (χ1v) is 4.48. The number of furan rings is 1. The fourth-order valence-corrected chi connectivity index (χ4v) is 1.87. The second kappa shape index (κ2) is 2.91. The monoisotopic (exact) mass is 180 g/mol. The molecule has 1 atom stereocenters. The molecule has 0 aromatic carbocycles. The van der Waals surface area contributed by atoms with Crippen molar-refractivity contribution in [1.82, 2.24) is 0 Å². The highest BCUT2D eigenvalue weighted by Crippen LogP contribution is 2.28. The highest BCUT2D eigenvalue weighted by molar-refractivity contribution is 5.70. The summed E-state index contributed by atoms with van der Waals surface area (Å²) in [7, 11) is 0. The topological polar surface area (TPSA) is 50.4 Å². The van der Waals surface area contributed by atoms with Gasteiger partial charge >= 0.3 is 5.97 Å². The van der Waals surface area contributed by atoms with Crippen LogP contribution in [-0.4, -0.2) is 11.1 Å². The molecule has 3 heteroatoms. The predicted molar refractivity (Wildman–Crippen MR) is 46.6 cm³/mol. The van der Waals surface area contributed by atoms with Crippen molar-refractivity contribution in [2.75, 3.05) is 0 Å². The van der Waals surface area contributed by atoms with Crippen molar-refractivity contribution >= 4 is 5.97 Å². The second-order valence-corrected chi connectivity index (χ2v) is 3.58. The van der Waals surface area contributed by atoms with Crippen LogP contribution in [0, 0.1) is 12.8 Å². The van der Waals surface area contributed by atoms with Crippen LogP contribution in [0.5, 0.6) is 0 Å². The van der Waals surface area contributed by atoms with E-state index in [4.69, 9.17) is 9.52 Å². The van der Waals surface area contributed by atoms with E-state index in [9.17, 15) is 4.79 Å². The lowest BCUT2D eigenvalue weighted by atomic mass is 9.88. The molecule has 13 heavy (non-hydrogen) atoms. The average Bonchev–Trinajstić information content (AvgIpc) is 2.42. The Labute approximate surface area is 76.4 Å². The Balaban J connectivity index is 2.24. The van der Waals surface area contributed by atoms with E-state index in [1.165, 1.54) is 5.56 Å². The van der Waals surface area contributed by atoms with Crippen LogP contribution in [0.4, 0.5) is 0 Å². The highest BCUT2D eigenvalue weighted by atomic mass is 16.4. The van der Waals surface area contributed by atoms with Crippen LogP contribution in [0.15, 0.2) is 10.5 Å². The molecule has 1 aliphatic rings. The van der Waals surface area contributed by atoms with E-state index < -0.39 is 5.97 Å². The van der Waals surface area contributed by atoms with Gasteiger partial charge in [-0.3, -0.25) is 4.79 Å². The van der Waals surface area contributed by atoms with Crippen LogP contribution in [0.1, 0.15) is 23.5 Å². The third-order valence-electron chi connectivity index (χ3n) is 2.56. The third kappa shape index (κ3) is 1.46. The molecule has 1 heterocycles. The summed E-state index contributed by atoms with van der Waals surface area (Å²) in [5.74, 6) is 0.796. The van der Waals surface area contributed by atoms with Gasteiger partial charge in [0.05, 0.1) is 5.92 Å². The summed E-state index contributed by atoms with van der Waals surface area (Å²) in [5.41, 5.74) is 1.19. The molecule has 1 aliphatic carbocycles. The van der Waals surface area contributed by atoms with Gasteiger partial charge in [0.2, 0.25) is 0 Å². The lowest BCUT2D eigenvalue weighted by Crippen LogP contribution is -2.21. The molecule has 70 valence electrons. The Morgan fingerprint density at radius 1 is 1.69 bits per heavy atom. The van der Waals surface area contributed by atoms with Crippen LogP contribution in [0.3, 0.4) is 0 Å². The smallest absolute Gasteiger partial charge is 0.306 e. The van der Waals surface area contributed by atoms with E-state index in [2.05, 4.69) is 0 Å². The van der Waals surface area contributed by atoms with Gasteiger partial charge in [-0.05, 0) is 31.4 Å². The number of aliphatic carboxylic acids is 1. The lowest BCUT2D eigenvalue weighted by molar-refractivity contribution is -0.142. The molecule has 0 saturated carbocycles. The molecule has 1 N–H and O–H groups in total. The van der Waals surface area contributed by atoms with Gasteiger partial charge in [0.1, 0.15) is 11.5 Å². The first kappa shape index (κ1) is 8.35. The number of hydrogen-bond donors (Lipinski definition) is 1. The van der Waals surface area contributed by atoms with E-state index in [0.29, 0.717) is 6.42 Å². The van der Waals surface area contributed by atoms with Gasteiger partial charge in [0, 0.05) is 6.42 Å². The summed E-state index contributed by atoms with van der Waals surface area (Å²) in [6.45, 7) is 1.90. The maximum Gasteiger partial charge on any atom is 0.306 e. The zero-order chi connectivity index (χ0) is 9.42. The van der Waals surface area contributed by atoms with Crippen LogP contribution < -0.4 is 0 Å². The summed E-state index contributed by atoms with van der Waals surface area (Å²) in [6.07, 6.45) is 2.13. The first-order chi connectivity index (χ1) is 6.16. The minimum atomic E-state index is -0.709. The van der Waals surface area contributed by atoms with Crippen molar-refractivity contribution in [3.8, 4) is 0 Å². The SMILES string of the molecule is Cc1cc2c(o1)CC(C(=O)O)CC2. The molecular formula is C10H12O3. The maximum atomic E-state index is 10.7. The predicted octanol–water partition coefficient (Wildman–Crippen LogP) is 1.78. The molecule has 0 aliphatic heterocycles. The Bertz CT molecular complexity index is 338. The van der Waals surface area contributed by atoms with E-state index in [-0.39, 0.29) is 5.92 Å². The van der Waals surface area contributed by atoms with Crippen molar-refractivity contribution in [3.63, 3.8) is 0 Å². The molecule has 2 rings (SSSR count). The molecule has 0 radical (unpaired) electrons. The summed E-state index contributed by atoms with van der Waals surface area (Å²) >= 11 is 0. The van der Waals surface area contributed by atoms with Crippen LogP contribution in [0.2, 0.25) is 0 Å². The van der Waals surface area contributed by atoms with Gasteiger partial charge in [-0.1, -0.05) is 0 Å². The van der Waals surface area contributed by atoms with Gasteiger partial charge in [-0.2, -0.15) is 0 Å². The third-order valence-corrected chi connectivity index (χ3v) is 2.56. The number of carboxylic acid groups (broad SMARTS) is 1. The van der Waals surface area contributed by atoms with E-state index in [1.807, 2.05) is 13.0 Å². The molecular weight excluding hydrogens is 168 g/mol. The summed E-state index contributed by atoms with van der Waals surface area (Å²) in [5, 5.41) is 8.83. The average molecular weight is 180 g/mol. The van der Waals surface area contributed by atoms with Gasteiger partial charge < -0.3 is 9.52 Å². The minimum absolute atomic E-state index is 0.252. The molecule has 0 fully saturated rings. The minimum Gasteiger partial charge on any atom is -0.481 e. The van der Waals surface area contributed by atoms with Gasteiger partial charge in [0.25, 0.3) is 0 Å². The number of carboxylic acids is 1. The fraction of sp³-hybridized carbons (Fsp3) is 0.500. The van der Waals surface area contributed by atoms with E-state index in [1.54, 1.807) is 0 Å². The maximum absolute atomic E-state index is 10.7. The van der Waals surface area contributed by atoms with Crippen LogP contribution in [-0.2, 0) is 17.6 Å². The standard InChI is InChI=1S/C10H12O3/c1-6-4-7-2-3-8(10(11)12)5-9(7)13-6/h4,8H,2-3,5H2,1H3,(H,11,12).